The molecule has 0 radical (unpaired) electrons. The third kappa shape index (κ3) is 6.33. The van der Waals surface area contributed by atoms with Crippen molar-refractivity contribution >= 4 is 54.9 Å². The number of alkyl halides is 9. The van der Waals surface area contributed by atoms with E-state index in [-0.39, 0.29) is 14.0 Å². The average Bonchev–Trinajstić information content (AvgIpc) is 3.62. The number of aryl methyl sites for hydroxylation is 2. The lowest BCUT2D eigenvalue weighted by Gasteiger charge is -2.40. The second-order valence-corrected chi connectivity index (χ2v) is 17.8. The van der Waals surface area contributed by atoms with Crippen LogP contribution < -0.4 is 4.74 Å². The number of thiophene rings is 2. The molecule has 4 nitrogen and oxygen atoms in total. The predicted octanol–water partition coefficient (Wildman–Crippen LogP) is 10.6. The summed E-state index contributed by atoms with van der Waals surface area (Å²) in [6, 6.07) is 17.0. The van der Waals surface area contributed by atoms with Crippen molar-refractivity contribution in [2.45, 2.75) is 59.5 Å². The van der Waals surface area contributed by atoms with E-state index in [2.05, 4.69) is 0 Å². The highest BCUT2D eigenvalue weighted by atomic mass is 32.3. The van der Waals surface area contributed by atoms with Crippen molar-refractivity contribution in [2.75, 3.05) is 7.11 Å². The SMILES string of the molecule is COc1ccc(Sc2ccc(S(OS(=O)(=O)C(F)(F)C(F)(F)C(F)(F)C(F)(F)F)(c3ccc(C)cc3)c3ccc(C)cc3)s2)s1. The maximum absolute atomic E-state index is 15.1. The van der Waals surface area contributed by atoms with Crippen LogP contribution in [0.3, 0.4) is 0 Å². The molecule has 0 aliphatic rings. The molecule has 0 unspecified atom stereocenters. The minimum Gasteiger partial charge on any atom is -0.487 e. The normalized spacial score (nSPS) is 14.0. The van der Waals surface area contributed by atoms with Gasteiger partial charge in [0.1, 0.15) is 0 Å². The van der Waals surface area contributed by atoms with Gasteiger partial charge in [-0.25, -0.2) is 3.63 Å². The summed E-state index contributed by atoms with van der Waals surface area (Å²) in [5.41, 5.74) is 1.21. The van der Waals surface area contributed by atoms with Crippen LogP contribution in [0.5, 0.6) is 5.06 Å². The van der Waals surface area contributed by atoms with Gasteiger partial charge in [0.25, 0.3) is 0 Å². The first-order valence-electron chi connectivity index (χ1n) is 12.2. The van der Waals surface area contributed by atoms with Gasteiger partial charge >= 0.3 is 33.4 Å². The molecule has 2 aromatic carbocycles. The zero-order valence-electron chi connectivity index (χ0n) is 23.0. The second-order valence-electron chi connectivity index (χ2n) is 9.32. The summed E-state index contributed by atoms with van der Waals surface area (Å²) in [6.07, 6.45) is -7.22. The Balaban J connectivity index is 1.97. The molecular weight excluding hydrogens is 720 g/mol. The van der Waals surface area contributed by atoms with Crippen molar-refractivity contribution < 1.29 is 56.3 Å². The molecule has 4 aromatic rings. The molecule has 0 spiro atoms. The standard InChI is InChI=1S/C27H21F9O4S5/c1-16-4-8-18(9-5-16)44(19-10-6-17(2)7-11-19,23-15-14-22(43-23)42-21-13-12-20(39-3)41-21)40-45(37,38)27(35,36)25(30,31)24(28,29)26(32,33)34/h4-15H,1-3H3. The Morgan fingerprint density at radius 2 is 1.11 bits per heavy atom. The van der Waals surface area contributed by atoms with Crippen molar-refractivity contribution in [1.82, 2.24) is 0 Å². The summed E-state index contributed by atoms with van der Waals surface area (Å²) in [6.45, 7) is 3.26. The molecule has 0 aliphatic heterocycles. The van der Waals surface area contributed by atoms with E-state index in [4.69, 9.17) is 8.37 Å². The fourth-order valence-corrected chi connectivity index (χ4v) is 13.3. The highest BCUT2D eigenvalue weighted by Crippen LogP contribution is 2.73. The highest BCUT2D eigenvalue weighted by molar-refractivity contribution is 8.34. The van der Waals surface area contributed by atoms with Crippen molar-refractivity contribution in [1.29, 1.82) is 0 Å². The first-order valence-corrected chi connectivity index (χ1v) is 17.7. The maximum Gasteiger partial charge on any atom is 0.460 e. The monoisotopic (exact) mass is 740 g/mol. The van der Waals surface area contributed by atoms with E-state index in [0.717, 1.165) is 23.1 Å². The second kappa shape index (κ2) is 12.3. The van der Waals surface area contributed by atoms with Crippen LogP contribution in [0.4, 0.5) is 39.5 Å². The van der Waals surface area contributed by atoms with Crippen LogP contribution in [0.25, 0.3) is 0 Å². The van der Waals surface area contributed by atoms with Crippen LogP contribution in [-0.4, -0.2) is 38.8 Å². The Kier molecular flexibility index (Phi) is 9.72. The largest absolute Gasteiger partial charge is 0.487 e. The summed E-state index contributed by atoms with van der Waals surface area (Å²) in [5, 5.41) is -6.49. The molecular formula is C27H21F9O4S5. The molecule has 0 fully saturated rings. The van der Waals surface area contributed by atoms with E-state index in [1.807, 2.05) is 0 Å². The van der Waals surface area contributed by atoms with E-state index in [0.29, 0.717) is 24.6 Å². The van der Waals surface area contributed by atoms with Crippen LogP contribution in [0, 0.1) is 13.8 Å². The fraction of sp³-hybridized carbons (Fsp3) is 0.259. The molecule has 45 heavy (non-hydrogen) atoms. The number of halogens is 9. The number of ether oxygens (including phenoxy) is 1. The third-order valence-electron chi connectivity index (χ3n) is 6.13. The Hall–Kier alpha value is -2.38. The molecule has 246 valence electrons. The zero-order valence-corrected chi connectivity index (χ0v) is 27.1. The van der Waals surface area contributed by atoms with E-state index >= 15 is 8.78 Å². The van der Waals surface area contributed by atoms with Gasteiger partial charge in [0.05, 0.1) is 19.7 Å². The molecule has 2 heterocycles. The van der Waals surface area contributed by atoms with Gasteiger partial charge in [-0.05, 0) is 72.7 Å². The first-order chi connectivity index (χ1) is 20.7. The van der Waals surface area contributed by atoms with Gasteiger partial charge in [-0.1, -0.05) is 58.5 Å². The predicted molar refractivity (Wildman–Crippen MR) is 155 cm³/mol. The number of methoxy groups -OCH3 is 1. The minimum atomic E-state index is -7.46. The van der Waals surface area contributed by atoms with Crippen LogP contribution >= 0.6 is 44.7 Å². The fourth-order valence-electron chi connectivity index (χ4n) is 3.71. The first kappa shape index (κ1) is 35.5. The number of rotatable bonds is 11. The molecule has 0 atom stereocenters. The van der Waals surface area contributed by atoms with E-state index in [1.54, 1.807) is 26.0 Å². The lowest BCUT2D eigenvalue weighted by Crippen LogP contribution is -2.63. The Morgan fingerprint density at radius 3 is 1.56 bits per heavy atom. The van der Waals surface area contributed by atoms with Crippen molar-refractivity contribution in [2.24, 2.45) is 0 Å². The summed E-state index contributed by atoms with van der Waals surface area (Å²) in [4.78, 5) is -0.281. The van der Waals surface area contributed by atoms with Crippen LogP contribution in [0.15, 0.2) is 95.2 Å². The maximum atomic E-state index is 15.1. The topological polar surface area (TPSA) is 52.6 Å². The van der Waals surface area contributed by atoms with Gasteiger partial charge in [0.15, 0.2) is 5.06 Å². The molecule has 18 heteroatoms. The molecule has 0 N–H and O–H groups in total. The Labute approximate surface area is 265 Å². The minimum absolute atomic E-state index is 0.105. The van der Waals surface area contributed by atoms with Crippen LogP contribution in [0.2, 0.25) is 0 Å². The van der Waals surface area contributed by atoms with E-state index in [1.165, 1.54) is 79.1 Å². The average molecular weight is 741 g/mol. The Bertz CT molecular complexity index is 1700. The quantitative estimate of drug-likeness (QED) is 0.143. The van der Waals surface area contributed by atoms with E-state index < -0.39 is 43.7 Å². The smallest absolute Gasteiger partial charge is 0.460 e. The number of benzene rings is 2. The van der Waals surface area contributed by atoms with Crippen molar-refractivity contribution in [3.63, 3.8) is 0 Å². The van der Waals surface area contributed by atoms with Crippen LogP contribution in [-0.2, 0) is 13.7 Å². The Morgan fingerprint density at radius 1 is 0.644 bits per heavy atom. The van der Waals surface area contributed by atoms with Gasteiger partial charge in [-0.2, -0.15) is 47.9 Å². The summed E-state index contributed by atoms with van der Waals surface area (Å²) in [7, 11) is -9.89. The summed E-state index contributed by atoms with van der Waals surface area (Å²) < 4.78 is 163. The number of hydrogen-bond donors (Lipinski definition) is 0. The van der Waals surface area contributed by atoms with E-state index in [9.17, 15) is 39.2 Å². The van der Waals surface area contributed by atoms with Gasteiger partial charge in [-0.3, -0.25) is 0 Å². The molecule has 2 aromatic heterocycles. The summed E-state index contributed by atoms with van der Waals surface area (Å²) in [5.74, 6) is -14.9. The van der Waals surface area contributed by atoms with Crippen LogP contribution in [0.1, 0.15) is 11.1 Å². The molecule has 0 amide bonds. The lowest BCUT2D eigenvalue weighted by atomic mass is 10.1. The van der Waals surface area contributed by atoms with Gasteiger partial charge in [0.2, 0.25) is 0 Å². The highest BCUT2D eigenvalue weighted by Gasteiger charge is 2.86. The summed E-state index contributed by atoms with van der Waals surface area (Å²) >= 11 is 3.24. The molecule has 0 saturated heterocycles. The number of hydrogen-bond acceptors (Lipinski definition) is 7. The van der Waals surface area contributed by atoms with Gasteiger partial charge < -0.3 is 4.74 Å². The van der Waals surface area contributed by atoms with Crippen molar-refractivity contribution in [3.05, 3.63) is 83.9 Å². The molecule has 0 saturated carbocycles. The van der Waals surface area contributed by atoms with Gasteiger partial charge in [-0.15, -0.1) is 11.3 Å². The zero-order chi connectivity index (χ0) is 33.6. The molecule has 0 aliphatic carbocycles. The van der Waals surface area contributed by atoms with Gasteiger partial charge in [0, 0.05) is 9.79 Å². The lowest BCUT2D eigenvalue weighted by molar-refractivity contribution is -0.382. The molecule has 4 rings (SSSR count). The van der Waals surface area contributed by atoms with Crippen molar-refractivity contribution in [3.8, 4) is 5.06 Å². The molecule has 0 bridgehead atoms. The third-order valence-corrected chi connectivity index (χ3v) is 15.3.